The summed E-state index contributed by atoms with van der Waals surface area (Å²) in [6.07, 6.45) is 7.07. The highest BCUT2D eigenvalue weighted by Gasteiger charge is 2.54. The molecule has 1 aliphatic heterocycles. The van der Waals surface area contributed by atoms with E-state index >= 15 is 0 Å². The van der Waals surface area contributed by atoms with Gasteiger partial charge in [-0.3, -0.25) is 9.59 Å². The first-order valence-electron chi connectivity index (χ1n) is 11.1. The number of benzene rings is 1. The van der Waals surface area contributed by atoms with Crippen molar-refractivity contribution >= 4 is 29.1 Å². The second-order valence-electron chi connectivity index (χ2n) is 9.70. The average Bonchev–Trinajstić information content (AvgIpc) is 2.71. The van der Waals surface area contributed by atoms with Crippen molar-refractivity contribution in [3.05, 3.63) is 29.3 Å². The van der Waals surface area contributed by atoms with Crippen LogP contribution in [-0.4, -0.2) is 49.4 Å². The fourth-order valence-electron chi connectivity index (χ4n) is 6.75. The van der Waals surface area contributed by atoms with Crippen LogP contribution in [0.15, 0.2) is 24.3 Å². The zero-order valence-corrected chi connectivity index (χ0v) is 17.7. The van der Waals surface area contributed by atoms with Gasteiger partial charge in [0, 0.05) is 31.6 Å². The number of piperazine rings is 1. The lowest BCUT2D eigenvalue weighted by molar-refractivity contribution is -0.148. The highest BCUT2D eigenvalue weighted by Crippen LogP contribution is 2.60. The van der Waals surface area contributed by atoms with Gasteiger partial charge in [0.2, 0.25) is 11.8 Å². The van der Waals surface area contributed by atoms with Gasteiger partial charge in [0.25, 0.3) is 0 Å². The maximum absolute atomic E-state index is 13.1. The topological polar surface area (TPSA) is 52.7 Å². The van der Waals surface area contributed by atoms with Crippen molar-refractivity contribution in [2.45, 2.75) is 38.5 Å². The molecule has 0 aromatic heterocycles. The van der Waals surface area contributed by atoms with E-state index in [1.165, 1.54) is 19.3 Å². The van der Waals surface area contributed by atoms with Crippen LogP contribution in [0.4, 0.5) is 5.69 Å². The minimum atomic E-state index is -0.183. The number of hydrogen-bond donors (Lipinski definition) is 1. The Balaban J connectivity index is 1.13. The van der Waals surface area contributed by atoms with E-state index < -0.39 is 0 Å². The maximum Gasteiger partial charge on any atom is 0.242 e. The van der Waals surface area contributed by atoms with E-state index in [1.807, 2.05) is 29.2 Å². The Morgan fingerprint density at radius 1 is 0.966 bits per heavy atom. The van der Waals surface area contributed by atoms with Gasteiger partial charge in [-0.1, -0.05) is 23.7 Å². The average molecular weight is 416 g/mol. The van der Waals surface area contributed by atoms with Crippen molar-refractivity contribution < 1.29 is 9.59 Å². The van der Waals surface area contributed by atoms with Crippen molar-refractivity contribution in [3.63, 3.8) is 0 Å². The van der Waals surface area contributed by atoms with Crippen LogP contribution in [0.5, 0.6) is 0 Å². The first-order valence-corrected chi connectivity index (χ1v) is 11.5. The number of hydrogen-bond acceptors (Lipinski definition) is 3. The SMILES string of the molecule is O=C(CNC(=O)C12CC3CC(CC(C3)C1)C2)N1CCN(c2ccccc2Cl)CC1. The molecule has 4 aliphatic carbocycles. The second kappa shape index (κ2) is 7.50. The van der Waals surface area contributed by atoms with Crippen molar-refractivity contribution in [2.75, 3.05) is 37.6 Å². The van der Waals surface area contributed by atoms with Gasteiger partial charge in [0.15, 0.2) is 0 Å². The number of nitrogens with one attached hydrogen (secondary N) is 1. The molecule has 1 N–H and O–H groups in total. The zero-order valence-electron chi connectivity index (χ0n) is 16.9. The molecular formula is C23H30ClN3O2. The Morgan fingerprint density at radius 3 is 2.14 bits per heavy atom. The zero-order chi connectivity index (χ0) is 20.0. The van der Waals surface area contributed by atoms with E-state index in [1.54, 1.807) is 0 Å². The highest BCUT2D eigenvalue weighted by molar-refractivity contribution is 6.33. The molecule has 0 radical (unpaired) electrons. The van der Waals surface area contributed by atoms with E-state index in [4.69, 9.17) is 11.6 Å². The molecule has 4 saturated carbocycles. The number of amides is 2. The molecule has 29 heavy (non-hydrogen) atoms. The lowest BCUT2D eigenvalue weighted by Gasteiger charge is -2.55. The summed E-state index contributed by atoms with van der Waals surface area (Å²) in [7, 11) is 0. The first kappa shape index (κ1) is 19.2. The van der Waals surface area contributed by atoms with Gasteiger partial charge in [0.05, 0.1) is 17.3 Å². The Kier molecular flexibility index (Phi) is 4.97. The number of para-hydroxylation sites is 1. The third kappa shape index (κ3) is 3.63. The number of rotatable bonds is 4. The molecule has 1 aromatic carbocycles. The van der Waals surface area contributed by atoms with Crippen LogP contribution in [0.1, 0.15) is 38.5 Å². The van der Waals surface area contributed by atoms with E-state index in [-0.39, 0.29) is 23.8 Å². The van der Waals surface area contributed by atoms with Gasteiger partial charge in [-0.25, -0.2) is 0 Å². The van der Waals surface area contributed by atoms with Crippen molar-refractivity contribution in [1.29, 1.82) is 0 Å². The molecule has 2 amide bonds. The first-order chi connectivity index (χ1) is 14.0. The van der Waals surface area contributed by atoms with Crippen LogP contribution < -0.4 is 10.2 Å². The smallest absolute Gasteiger partial charge is 0.242 e. The molecule has 0 atom stereocenters. The molecule has 4 bridgehead atoms. The summed E-state index contributed by atoms with van der Waals surface area (Å²) < 4.78 is 0. The van der Waals surface area contributed by atoms with E-state index in [9.17, 15) is 9.59 Å². The molecule has 5 fully saturated rings. The molecule has 0 unspecified atom stereocenters. The van der Waals surface area contributed by atoms with Crippen LogP contribution in [0.25, 0.3) is 0 Å². The normalized spacial score (nSPS) is 33.1. The van der Waals surface area contributed by atoms with Gasteiger partial charge in [-0.2, -0.15) is 0 Å². The Morgan fingerprint density at radius 2 is 1.55 bits per heavy atom. The number of halogens is 1. The fourth-order valence-corrected chi connectivity index (χ4v) is 7.00. The minimum Gasteiger partial charge on any atom is -0.367 e. The molecule has 156 valence electrons. The third-order valence-electron chi connectivity index (χ3n) is 7.75. The molecule has 5 nitrogen and oxygen atoms in total. The van der Waals surface area contributed by atoms with Crippen molar-refractivity contribution in [2.24, 2.45) is 23.2 Å². The standard InChI is InChI=1S/C23H30ClN3O2/c24-19-3-1-2-4-20(19)26-5-7-27(8-6-26)21(28)15-25-22(29)23-12-16-9-17(13-23)11-18(10-16)14-23/h1-4,16-18H,5-15H2,(H,25,29). The molecule has 6 heteroatoms. The lowest BCUT2D eigenvalue weighted by atomic mass is 9.49. The van der Waals surface area contributed by atoms with E-state index in [0.29, 0.717) is 13.1 Å². The van der Waals surface area contributed by atoms with E-state index in [2.05, 4.69) is 10.2 Å². The van der Waals surface area contributed by atoms with Gasteiger partial charge < -0.3 is 15.1 Å². The third-order valence-corrected chi connectivity index (χ3v) is 8.07. The lowest BCUT2D eigenvalue weighted by Crippen LogP contribution is -2.56. The van der Waals surface area contributed by atoms with Crippen LogP contribution in [0.2, 0.25) is 5.02 Å². The second-order valence-corrected chi connectivity index (χ2v) is 10.1. The number of carbonyl (C=O) groups excluding carboxylic acids is 2. The number of anilines is 1. The number of nitrogens with zero attached hydrogens (tertiary/aromatic N) is 2. The summed E-state index contributed by atoms with van der Waals surface area (Å²) >= 11 is 6.30. The van der Waals surface area contributed by atoms with E-state index in [0.717, 1.165) is 60.8 Å². The fraction of sp³-hybridized carbons (Fsp3) is 0.652. The largest absolute Gasteiger partial charge is 0.367 e. The van der Waals surface area contributed by atoms with Crippen LogP contribution in [0.3, 0.4) is 0 Å². The summed E-state index contributed by atoms with van der Waals surface area (Å²) in [4.78, 5) is 29.9. The predicted molar refractivity (Wildman–Crippen MR) is 114 cm³/mol. The van der Waals surface area contributed by atoms with Crippen molar-refractivity contribution in [3.8, 4) is 0 Å². The molecular weight excluding hydrogens is 386 g/mol. The monoisotopic (exact) mass is 415 g/mol. The highest BCUT2D eigenvalue weighted by atomic mass is 35.5. The molecule has 1 saturated heterocycles. The number of carbonyl (C=O) groups is 2. The quantitative estimate of drug-likeness (QED) is 0.820. The molecule has 5 aliphatic rings. The summed E-state index contributed by atoms with van der Waals surface area (Å²) in [5.41, 5.74) is 0.842. The van der Waals surface area contributed by atoms with Gasteiger partial charge in [0.1, 0.15) is 0 Å². The predicted octanol–water partition coefficient (Wildman–Crippen LogP) is 3.32. The summed E-state index contributed by atoms with van der Waals surface area (Å²) in [6, 6.07) is 7.83. The summed E-state index contributed by atoms with van der Waals surface area (Å²) in [5, 5.41) is 3.77. The van der Waals surface area contributed by atoms with Gasteiger partial charge >= 0.3 is 0 Å². The van der Waals surface area contributed by atoms with Gasteiger partial charge in [-0.05, 0) is 68.4 Å². The van der Waals surface area contributed by atoms with Crippen LogP contribution in [-0.2, 0) is 9.59 Å². The summed E-state index contributed by atoms with van der Waals surface area (Å²) in [5.74, 6) is 2.38. The summed E-state index contributed by atoms with van der Waals surface area (Å²) in [6.45, 7) is 2.98. The Hall–Kier alpha value is -1.75. The molecule has 6 rings (SSSR count). The maximum atomic E-state index is 13.1. The van der Waals surface area contributed by atoms with Crippen LogP contribution >= 0.6 is 11.6 Å². The van der Waals surface area contributed by atoms with Crippen molar-refractivity contribution in [1.82, 2.24) is 10.2 Å². The Bertz CT molecular complexity index is 768. The minimum absolute atomic E-state index is 0.0295. The molecule has 1 heterocycles. The Labute approximate surface area is 177 Å². The molecule has 0 spiro atoms. The van der Waals surface area contributed by atoms with Gasteiger partial charge in [-0.15, -0.1) is 0 Å². The van der Waals surface area contributed by atoms with Crippen LogP contribution in [0, 0.1) is 23.2 Å². The molecule has 1 aromatic rings.